The van der Waals surface area contributed by atoms with Crippen molar-refractivity contribution in [2.24, 2.45) is 13.0 Å². The molecule has 3 aromatic rings. The molecule has 1 aliphatic heterocycles. The molecule has 0 saturated carbocycles. The molecule has 0 spiro atoms. The molecular formula is C18H18N6O2. The molecule has 0 bridgehead atoms. The van der Waals surface area contributed by atoms with E-state index >= 15 is 0 Å². The fourth-order valence-electron chi connectivity index (χ4n) is 3.36. The van der Waals surface area contributed by atoms with Gasteiger partial charge in [-0.25, -0.2) is 4.98 Å². The topological polar surface area (TPSA) is 97.0 Å². The van der Waals surface area contributed by atoms with Gasteiger partial charge in [-0.3, -0.25) is 9.78 Å². The van der Waals surface area contributed by atoms with Gasteiger partial charge < -0.3 is 14.6 Å². The summed E-state index contributed by atoms with van der Waals surface area (Å²) in [4.78, 5) is 22.3. The van der Waals surface area contributed by atoms with Crippen molar-refractivity contribution in [1.29, 1.82) is 0 Å². The van der Waals surface area contributed by atoms with Gasteiger partial charge in [-0.2, -0.15) is 0 Å². The molecule has 4 heterocycles. The van der Waals surface area contributed by atoms with Gasteiger partial charge >= 0.3 is 5.97 Å². The molecule has 1 fully saturated rings. The number of hydrogen-bond acceptors (Lipinski definition) is 6. The minimum Gasteiger partial charge on any atom is -0.481 e. The van der Waals surface area contributed by atoms with Gasteiger partial charge in [0.05, 0.1) is 5.92 Å². The lowest BCUT2D eigenvalue weighted by Gasteiger charge is -2.16. The van der Waals surface area contributed by atoms with E-state index in [1.807, 2.05) is 53.0 Å². The van der Waals surface area contributed by atoms with Crippen molar-refractivity contribution in [3.05, 3.63) is 54.6 Å². The van der Waals surface area contributed by atoms with E-state index in [0.717, 1.165) is 11.5 Å². The van der Waals surface area contributed by atoms with Crippen LogP contribution in [0.25, 0.3) is 11.5 Å². The molecule has 0 radical (unpaired) electrons. The summed E-state index contributed by atoms with van der Waals surface area (Å²) in [6.07, 6.45) is 5.25. The summed E-state index contributed by atoms with van der Waals surface area (Å²) in [5, 5.41) is 18.2. The zero-order chi connectivity index (χ0) is 18.1. The van der Waals surface area contributed by atoms with E-state index in [1.165, 1.54) is 0 Å². The molecule has 4 rings (SSSR count). The summed E-state index contributed by atoms with van der Waals surface area (Å²) in [5.41, 5.74) is 1.47. The highest BCUT2D eigenvalue weighted by Crippen LogP contribution is 2.34. The third kappa shape index (κ3) is 2.90. The van der Waals surface area contributed by atoms with Gasteiger partial charge in [-0.15, -0.1) is 10.2 Å². The minimum absolute atomic E-state index is 0.176. The Hall–Kier alpha value is -3.29. The van der Waals surface area contributed by atoms with Crippen LogP contribution in [0.5, 0.6) is 0 Å². The molecule has 1 N–H and O–H groups in total. The lowest BCUT2D eigenvalue weighted by Crippen LogP contribution is -2.24. The van der Waals surface area contributed by atoms with Crippen LogP contribution in [0, 0.1) is 5.92 Å². The number of rotatable bonds is 4. The SMILES string of the molecule is Cn1ccnc1-c1ccc(N2C[C@H](C(=O)O)[C@@H](c3ccccn3)C2)nn1. The number of carboxylic acid groups (broad SMARTS) is 1. The highest BCUT2D eigenvalue weighted by atomic mass is 16.4. The third-order valence-electron chi connectivity index (χ3n) is 4.73. The molecule has 132 valence electrons. The second kappa shape index (κ2) is 6.55. The normalized spacial score (nSPS) is 19.7. The van der Waals surface area contributed by atoms with E-state index in [9.17, 15) is 9.90 Å². The maximum absolute atomic E-state index is 11.7. The number of pyridine rings is 1. The first-order chi connectivity index (χ1) is 12.6. The van der Waals surface area contributed by atoms with Gasteiger partial charge in [0.25, 0.3) is 0 Å². The second-order valence-corrected chi connectivity index (χ2v) is 6.35. The number of imidazole rings is 1. The van der Waals surface area contributed by atoms with Gasteiger partial charge in [0.2, 0.25) is 0 Å². The minimum atomic E-state index is -0.819. The van der Waals surface area contributed by atoms with Crippen LogP contribution in [-0.4, -0.2) is 48.9 Å². The largest absolute Gasteiger partial charge is 0.481 e. The Morgan fingerprint density at radius 3 is 2.62 bits per heavy atom. The van der Waals surface area contributed by atoms with E-state index in [4.69, 9.17) is 0 Å². The van der Waals surface area contributed by atoms with Gasteiger partial charge in [0.1, 0.15) is 5.69 Å². The van der Waals surface area contributed by atoms with Crippen LogP contribution in [0.2, 0.25) is 0 Å². The number of carboxylic acids is 1. The number of aliphatic carboxylic acids is 1. The Labute approximate surface area is 150 Å². The lowest BCUT2D eigenvalue weighted by molar-refractivity contribution is -0.141. The van der Waals surface area contributed by atoms with Crippen molar-refractivity contribution < 1.29 is 9.90 Å². The lowest BCUT2D eigenvalue weighted by atomic mass is 9.93. The molecule has 8 heteroatoms. The summed E-state index contributed by atoms with van der Waals surface area (Å²) < 4.78 is 1.87. The summed E-state index contributed by atoms with van der Waals surface area (Å²) in [6.45, 7) is 0.928. The number of anilines is 1. The number of aryl methyl sites for hydroxylation is 1. The summed E-state index contributed by atoms with van der Waals surface area (Å²) in [7, 11) is 1.90. The molecular weight excluding hydrogens is 332 g/mol. The maximum atomic E-state index is 11.7. The van der Waals surface area contributed by atoms with Gasteiger partial charge in [0.15, 0.2) is 11.6 Å². The molecule has 0 amide bonds. The molecule has 3 aromatic heterocycles. The van der Waals surface area contributed by atoms with Crippen molar-refractivity contribution in [2.75, 3.05) is 18.0 Å². The first kappa shape index (κ1) is 16.2. The molecule has 0 unspecified atom stereocenters. The van der Waals surface area contributed by atoms with E-state index < -0.39 is 11.9 Å². The van der Waals surface area contributed by atoms with Crippen molar-refractivity contribution in [2.45, 2.75) is 5.92 Å². The zero-order valence-corrected chi connectivity index (χ0v) is 14.2. The summed E-state index contributed by atoms with van der Waals surface area (Å²) >= 11 is 0. The second-order valence-electron chi connectivity index (χ2n) is 6.35. The van der Waals surface area contributed by atoms with Crippen molar-refractivity contribution >= 4 is 11.8 Å². The van der Waals surface area contributed by atoms with Crippen LogP contribution >= 0.6 is 0 Å². The number of aromatic nitrogens is 5. The van der Waals surface area contributed by atoms with Gasteiger partial charge in [0, 0.05) is 50.3 Å². The molecule has 0 aliphatic carbocycles. The van der Waals surface area contributed by atoms with E-state index in [2.05, 4.69) is 20.2 Å². The Morgan fingerprint density at radius 2 is 2.00 bits per heavy atom. The first-order valence-electron chi connectivity index (χ1n) is 8.33. The van der Waals surface area contributed by atoms with Crippen LogP contribution in [0.3, 0.4) is 0 Å². The van der Waals surface area contributed by atoms with Gasteiger partial charge in [-0.05, 0) is 24.3 Å². The van der Waals surface area contributed by atoms with E-state index in [1.54, 1.807) is 12.4 Å². The summed E-state index contributed by atoms with van der Waals surface area (Å²) in [5.74, 6) is -0.126. The first-order valence-corrected chi connectivity index (χ1v) is 8.33. The van der Waals surface area contributed by atoms with Crippen LogP contribution < -0.4 is 4.90 Å². The van der Waals surface area contributed by atoms with Crippen LogP contribution in [0.4, 0.5) is 5.82 Å². The quantitative estimate of drug-likeness (QED) is 0.763. The van der Waals surface area contributed by atoms with E-state index in [-0.39, 0.29) is 5.92 Å². The van der Waals surface area contributed by atoms with E-state index in [0.29, 0.717) is 24.6 Å². The van der Waals surface area contributed by atoms with Crippen molar-refractivity contribution in [3.8, 4) is 11.5 Å². The third-order valence-corrected chi connectivity index (χ3v) is 4.73. The Bertz CT molecular complexity index is 909. The molecule has 1 aliphatic rings. The molecule has 1 saturated heterocycles. The van der Waals surface area contributed by atoms with Gasteiger partial charge in [-0.1, -0.05) is 6.07 Å². The predicted octanol–water partition coefficient (Wildman–Crippen LogP) is 1.58. The molecule has 2 atom stereocenters. The highest BCUT2D eigenvalue weighted by Gasteiger charge is 2.40. The Kier molecular flexibility index (Phi) is 4.08. The average molecular weight is 350 g/mol. The van der Waals surface area contributed by atoms with Crippen molar-refractivity contribution in [3.63, 3.8) is 0 Å². The monoisotopic (exact) mass is 350 g/mol. The smallest absolute Gasteiger partial charge is 0.309 e. The number of carbonyl (C=O) groups is 1. The number of nitrogens with zero attached hydrogens (tertiary/aromatic N) is 6. The highest BCUT2D eigenvalue weighted by molar-refractivity contribution is 5.73. The fourth-order valence-corrected chi connectivity index (χ4v) is 3.36. The number of hydrogen-bond donors (Lipinski definition) is 1. The Morgan fingerprint density at radius 1 is 1.12 bits per heavy atom. The maximum Gasteiger partial charge on any atom is 0.309 e. The Balaban J connectivity index is 1.58. The van der Waals surface area contributed by atoms with Crippen LogP contribution in [-0.2, 0) is 11.8 Å². The van der Waals surface area contributed by atoms with Crippen LogP contribution in [0.1, 0.15) is 11.6 Å². The average Bonchev–Trinajstić information content (AvgIpc) is 3.29. The fraction of sp³-hybridized carbons (Fsp3) is 0.278. The van der Waals surface area contributed by atoms with Crippen molar-refractivity contribution in [1.82, 2.24) is 24.7 Å². The zero-order valence-electron chi connectivity index (χ0n) is 14.2. The van der Waals surface area contributed by atoms with Crippen LogP contribution in [0.15, 0.2) is 48.9 Å². The predicted molar refractivity (Wildman–Crippen MR) is 94.6 cm³/mol. The standard InChI is InChI=1S/C18H18N6O2/c1-23-9-8-20-17(23)15-5-6-16(22-21-15)24-10-12(13(11-24)18(25)26)14-4-2-3-7-19-14/h2-9,12-13H,10-11H2,1H3,(H,25,26)/t12-,13-/m0/s1. The molecule has 0 aromatic carbocycles. The molecule has 8 nitrogen and oxygen atoms in total. The summed E-state index contributed by atoms with van der Waals surface area (Å²) in [6, 6.07) is 9.30. The molecule has 26 heavy (non-hydrogen) atoms.